The Kier molecular flexibility index (Phi) is 1.06. The molecule has 1 saturated carbocycles. The summed E-state index contributed by atoms with van der Waals surface area (Å²) >= 11 is 0. The Hall–Kier alpha value is -1.38. The van der Waals surface area contributed by atoms with Crippen molar-refractivity contribution < 1.29 is 0 Å². The van der Waals surface area contributed by atoms with Crippen molar-refractivity contribution >= 4 is 11.0 Å². The first-order valence-corrected chi connectivity index (χ1v) is 4.22. The van der Waals surface area contributed by atoms with Crippen LogP contribution in [0.1, 0.15) is 18.9 Å². The topological polar surface area (TPSA) is 30.7 Å². The maximum absolute atomic E-state index is 4.30. The van der Waals surface area contributed by atoms with Crippen molar-refractivity contribution in [1.82, 2.24) is 14.5 Å². The summed E-state index contributed by atoms with van der Waals surface area (Å²) in [6, 6.07) is 2.65. The van der Waals surface area contributed by atoms with Gasteiger partial charge in [-0.15, -0.1) is 0 Å². The van der Waals surface area contributed by atoms with Crippen LogP contribution in [-0.4, -0.2) is 14.5 Å². The highest BCUT2D eigenvalue weighted by molar-refractivity contribution is 5.73. The lowest BCUT2D eigenvalue weighted by Gasteiger charge is -1.97. The smallest absolute Gasteiger partial charge is 0.0961 e. The van der Waals surface area contributed by atoms with Crippen LogP contribution in [0.5, 0.6) is 0 Å². The van der Waals surface area contributed by atoms with Crippen molar-refractivity contribution in [2.45, 2.75) is 18.9 Å². The SMILES string of the molecule is c1cc2ncn(C3CC3)c2cn1. The highest BCUT2D eigenvalue weighted by Gasteiger charge is 2.24. The summed E-state index contributed by atoms with van der Waals surface area (Å²) in [4.78, 5) is 8.40. The molecule has 2 aromatic heterocycles. The molecule has 0 saturated heterocycles. The van der Waals surface area contributed by atoms with E-state index in [2.05, 4.69) is 14.5 Å². The van der Waals surface area contributed by atoms with E-state index >= 15 is 0 Å². The van der Waals surface area contributed by atoms with Crippen LogP contribution in [-0.2, 0) is 0 Å². The maximum Gasteiger partial charge on any atom is 0.0961 e. The molecule has 0 bridgehead atoms. The van der Waals surface area contributed by atoms with Gasteiger partial charge in [0.2, 0.25) is 0 Å². The van der Waals surface area contributed by atoms with Gasteiger partial charge in [-0.2, -0.15) is 0 Å². The summed E-state index contributed by atoms with van der Waals surface area (Å²) < 4.78 is 2.22. The van der Waals surface area contributed by atoms with Crippen molar-refractivity contribution in [3.8, 4) is 0 Å². The van der Waals surface area contributed by atoms with E-state index in [-0.39, 0.29) is 0 Å². The molecule has 1 aliphatic carbocycles. The minimum absolute atomic E-state index is 0.694. The van der Waals surface area contributed by atoms with E-state index in [1.807, 2.05) is 18.6 Å². The summed E-state index contributed by atoms with van der Waals surface area (Å²) in [5.74, 6) is 0. The van der Waals surface area contributed by atoms with Crippen LogP contribution >= 0.6 is 0 Å². The molecule has 1 aliphatic rings. The molecular weight excluding hydrogens is 150 g/mol. The van der Waals surface area contributed by atoms with Gasteiger partial charge in [0.25, 0.3) is 0 Å². The lowest BCUT2D eigenvalue weighted by atomic mass is 10.4. The first kappa shape index (κ1) is 6.17. The van der Waals surface area contributed by atoms with Gasteiger partial charge in [0.15, 0.2) is 0 Å². The average Bonchev–Trinajstić information content (AvgIpc) is 2.86. The quantitative estimate of drug-likeness (QED) is 0.634. The van der Waals surface area contributed by atoms with Gasteiger partial charge in [-0.05, 0) is 18.9 Å². The van der Waals surface area contributed by atoms with Gasteiger partial charge in [-0.3, -0.25) is 4.98 Å². The highest BCUT2D eigenvalue weighted by Crippen LogP contribution is 2.36. The van der Waals surface area contributed by atoms with E-state index in [1.54, 1.807) is 6.20 Å². The second kappa shape index (κ2) is 2.06. The molecule has 12 heavy (non-hydrogen) atoms. The van der Waals surface area contributed by atoms with Crippen LogP contribution < -0.4 is 0 Å². The number of hydrogen-bond acceptors (Lipinski definition) is 2. The molecule has 1 fully saturated rings. The summed E-state index contributed by atoms with van der Waals surface area (Å²) in [6.45, 7) is 0. The minimum Gasteiger partial charge on any atom is -0.326 e. The fourth-order valence-corrected chi connectivity index (χ4v) is 1.52. The Labute approximate surface area is 70.1 Å². The van der Waals surface area contributed by atoms with E-state index in [9.17, 15) is 0 Å². The summed E-state index contributed by atoms with van der Waals surface area (Å²) in [5, 5.41) is 0. The molecular formula is C9H9N3. The zero-order valence-corrected chi connectivity index (χ0v) is 6.64. The van der Waals surface area contributed by atoms with Crippen molar-refractivity contribution in [3.05, 3.63) is 24.8 Å². The van der Waals surface area contributed by atoms with Gasteiger partial charge >= 0.3 is 0 Å². The molecule has 2 aromatic rings. The normalized spacial score (nSPS) is 17.0. The van der Waals surface area contributed by atoms with Crippen LogP contribution in [0.15, 0.2) is 24.8 Å². The minimum atomic E-state index is 0.694. The van der Waals surface area contributed by atoms with E-state index < -0.39 is 0 Å². The number of fused-ring (bicyclic) bond motifs is 1. The molecule has 0 unspecified atom stereocenters. The van der Waals surface area contributed by atoms with Gasteiger partial charge in [0, 0.05) is 12.2 Å². The van der Waals surface area contributed by atoms with Crippen LogP contribution in [0.3, 0.4) is 0 Å². The van der Waals surface area contributed by atoms with E-state index in [4.69, 9.17) is 0 Å². The molecule has 0 N–H and O–H groups in total. The monoisotopic (exact) mass is 159 g/mol. The largest absolute Gasteiger partial charge is 0.326 e. The molecule has 0 atom stereocenters. The first-order chi connectivity index (χ1) is 5.95. The number of aromatic nitrogens is 3. The zero-order chi connectivity index (χ0) is 7.97. The Morgan fingerprint density at radius 1 is 1.42 bits per heavy atom. The van der Waals surface area contributed by atoms with E-state index in [0.29, 0.717) is 6.04 Å². The molecule has 3 nitrogen and oxygen atoms in total. The van der Waals surface area contributed by atoms with Crippen LogP contribution in [0.25, 0.3) is 11.0 Å². The maximum atomic E-state index is 4.30. The lowest BCUT2D eigenvalue weighted by Crippen LogP contribution is -1.90. The number of nitrogens with zero attached hydrogens (tertiary/aromatic N) is 3. The first-order valence-electron chi connectivity index (χ1n) is 4.22. The van der Waals surface area contributed by atoms with Crippen LogP contribution in [0.4, 0.5) is 0 Å². The molecule has 2 heterocycles. The number of imidazole rings is 1. The molecule has 0 aliphatic heterocycles. The second-order valence-electron chi connectivity index (χ2n) is 3.25. The molecule has 60 valence electrons. The van der Waals surface area contributed by atoms with Gasteiger partial charge < -0.3 is 4.57 Å². The third-order valence-electron chi connectivity index (χ3n) is 2.32. The fraction of sp³-hybridized carbons (Fsp3) is 0.333. The second-order valence-corrected chi connectivity index (χ2v) is 3.25. The molecule has 0 aromatic carbocycles. The predicted octanol–water partition coefficient (Wildman–Crippen LogP) is 1.77. The fourth-order valence-electron chi connectivity index (χ4n) is 1.52. The van der Waals surface area contributed by atoms with Gasteiger partial charge in [0.1, 0.15) is 0 Å². The van der Waals surface area contributed by atoms with Gasteiger partial charge in [0.05, 0.1) is 23.6 Å². The van der Waals surface area contributed by atoms with Crippen LogP contribution in [0, 0.1) is 0 Å². The third kappa shape index (κ3) is 0.763. The Morgan fingerprint density at radius 3 is 3.17 bits per heavy atom. The van der Waals surface area contributed by atoms with E-state index in [0.717, 1.165) is 5.52 Å². The Morgan fingerprint density at radius 2 is 2.33 bits per heavy atom. The number of hydrogen-bond donors (Lipinski definition) is 0. The molecule has 3 heteroatoms. The summed E-state index contributed by atoms with van der Waals surface area (Å²) in [6.07, 6.45) is 8.18. The van der Waals surface area contributed by atoms with Gasteiger partial charge in [-0.1, -0.05) is 0 Å². The van der Waals surface area contributed by atoms with Crippen LogP contribution in [0.2, 0.25) is 0 Å². The Balaban J connectivity index is 2.30. The van der Waals surface area contributed by atoms with E-state index in [1.165, 1.54) is 18.4 Å². The third-order valence-corrected chi connectivity index (χ3v) is 2.32. The van der Waals surface area contributed by atoms with Crippen molar-refractivity contribution in [2.24, 2.45) is 0 Å². The summed E-state index contributed by atoms with van der Waals surface area (Å²) in [5.41, 5.74) is 2.22. The van der Waals surface area contributed by atoms with Crippen molar-refractivity contribution in [3.63, 3.8) is 0 Å². The van der Waals surface area contributed by atoms with Crippen molar-refractivity contribution in [2.75, 3.05) is 0 Å². The number of pyridine rings is 1. The molecule has 0 radical (unpaired) electrons. The van der Waals surface area contributed by atoms with Crippen molar-refractivity contribution in [1.29, 1.82) is 0 Å². The molecule has 0 spiro atoms. The molecule has 0 amide bonds. The Bertz CT molecular complexity index is 414. The average molecular weight is 159 g/mol. The predicted molar refractivity (Wildman–Crippen MR) is 45.8 cm³/mol. The van der Waals surface area contributed by atoms with Gasteiger partial charge in [-0.25, -0.2) is 4.98 Å². The molecule has 3 rings (SSSR count). The number of rotatable bonds is 1. The summed E-state index contributed by atoms with van der Waals surface area (Å²) in [7, 11) is 0. The zero-order valence-electron chi connectivity index (χ0n) is 6.64. The standard InChI is InChI=1S/C9H9N3/c1-2-7(1)12-6-11-8-3-4-10-5-9(8)12/h3-7H,1-2H2. The lowest BCUT2D eigenvalue weighted by molar-refractivity contribution is 0.765. The highest BCUT2D eigenvalue weighted by atomic mass is 15.1.